The van der Waals surface area contributed by atoms with Crippen molar-refractivity contribution in [3.05, 3.63) is 68.2 Å². The number of rotatable bonds is 9. The number of nitrogens with zero attached hydrogens (tertiary/aromatic N) is 6. The maximum atomic E-state index is 10.9. The zero-order chi connectivity index (χ0) is 23.1. The topological polar surface area (TPSA) is 121 Å². The first kappa shape index (κ1) is 23.2. The number of halogens is 2. The van der Waals surface area contributed by atoms with Gasteiger partial charge in [0.05, 0.1) is 16.2 Å². The van der Waals surface area contributed by atoms with E-state index in [0.717, 1.165) is 0 Å². The highest BCUT2D eigenvalue weighted by Crippen LogP contribution is 2.21. The predicted molar refractivity (Wildman–Crippen MR) is 127 cm³/mol. The second-order valence-corrected chi connectivity index (χ2v) is 7.26. The van der Waals surface area contributed by atoms with E-state index in [-0.39, 0.29) is 17.6 Å². The number of anilines is 4. The van der Waals surface area contributed by atoms with E-state index < -0.39 is 4.92 Å². The van der Waals surface area contributed by atoms with Crippen molar-refractivity contribution in [3.8, 4) is 0 Å². The van der Waals surface area contributed by atoms with Crippen LogP contribution < -0.4 is 15.6 Å². The van der Waals surface area contributed by atoms with Crippen molar-refractivity contribution in [2.24, 2.45) is 5.10 Å². The molecule has 12 heteroatoms. The van der Waals surface area contributed by atoms with Crippen LogP contribution in [0.4, 0.5) is 29.2 Å². The third kappa shape index (κ3) is 6.02. The Bertz CT molecular complexity index is 1120. The summed E-state index contributed by atoms with van der Waals surface area (Å²) in [4.78, 5) is 25.5. The molecule has 166 valence electrons. The van der Waals surface area contributed by atoms with Gasteiger partial charge in [-0.25, -0.2) is 5.43 Å². The number of nitro groups is 1. The molecule has 0 aliphatic carbocycles. The van der Waals surface area contributed by atoms with E-state index in [4.69, 9.17) is 23.2 Å². The molecular weight excluding hydrogens is 455 g/mol. The van der Waals surface area contributed by atoms with Crippen LogP contribution in [0.3, 0.4) is 0 Å². The number of hydrogen-bond acceptors (Lipinski definition) is 9. The molecule has 0 saturated heterocycles. The minimum absolute atomic E-state index is 0.00687. The van der Waals surface area contributed by atoms with Crippen LogP contribution in [-0.4, -0.2) is 39.2 Å². The van der Waals surface area contributed by atoms with Crippen molar-refractivity contribution in [1.29, 1.82) is 0 Å². The summed E-state index contributed by atoms with van der Waals surface area (Å²) in [5, 5.41) is 19.0. The predicted octanol–water partition coefficient (Wildman–Crippen LogP) is 5.12. The Kier molecular flexibility index (Phi) is 7.74. The Morgan fingerprint density at radius 3 is 2.38 bits per heavy atom. The van der Waals surface area contributed by atoms with Gasteiger partial charge in [0.25, 0.3) is 5.69 Å². The van der Waals surface area contributed by atoms with Crippen molar-refractivity contribution in [2.75, 3.05) is 28.7 Å². The molecule has 2 aromatic carbocycles. The molecule has 0 amide bonds. The maximum absolute atomic E-state index is 10.9. The SMILES string of the molecule is CCN(CC)c1nc(N/N=C/c2ccc(Cl)cc2Cl)nc(Nc2ccc([N+](=O)[O-])cc2)n1. The van der Waals surface area contributed by atoms with Crippen molar-refractivity contribution < 1.29 is 4.92 Å². The molecular formula is C20H20Cl2N8O2. The highest BCUT2D eigenvalue weighted by atomic mass is 35.5. The van der Waals surface area contributed by atoms with E-state index in [0.29, 0.717) is 40.3 Å². The highest BCUT2D eigenvalue weighted by Gasteiger charge is 2.12. The Balaban J connectivity index is 1.85. The first-order valence-corrected chi connectivity index (χ1v) is 10.4. The smallest absolute Gasteiger partial charge is 0.269 e. The van der Waals surface area contributed by atoms with Gasteiger partial charge in [0.1, 0.15) is 0 Å². The Morgan fingerprint density at radius 2 is 1.75 bits per heavy atom. The fourth-order valence-electron chi connectivity index (χ4n) is 2.68. The van der Waals surface area contributed by atoms with Gasteiger partial charge in [0.2, 0.25) is 17.8 Å². The quantitative estimate of drug-likeness (QED) is 0.248. The van der Waals surface area contributed by atoms with Gasteiger partial charge in [-0.2, -0.15) is 20.1 Å². The summed E-state index contributed by atoms with van der Waals surface area (Å²) in [7, 11) is 0. The molecule has 2 N–H and O–H groups in total. The number of nitro benzene ring substituents is 1. The van der Waals surface area contributed by atoms with Gasteiger partial charge in [-0.05, 0) is 38.1 Å². The average Bonchev–Trinajstić information content (AvgIpc) is 2.76. The molecule has 1 aromatic heterocycles. The lowest BCUT2D eigenvalue weighted by atomic mass is 10.2. The molecule has 0 aliphatic rings. The van der Waals surface area contributed by atoms with Gasteiger partial charge in [0.15, 0.2) is 0 Å². The van der Waals surface area contributed by atoms with E-state index in [1.54, 1.807) is 30.3 Å². The zero-order valence-electron chi connectivity index (χ0n) is 17.3. The number of non-ortho nitro benzene ring substituents is 1. The third-order valence-corrected chi connectivity index (χ3v) is 4.90. The lowest BCUT2D eigenvalue weighted by Crippen LogP contribution is -2.25. The molecule has 1 heterocycles. The number of hydrogen-bond donors (Lipinski definition) is 2. The Labute approximate surface area is 194 Å². The molecule has 0 spiro atoms. The number of nitrogens with one attached hydrogen (secondary N) is 2. The third-order valence-electron chi connectivity index (χ3n) is 4.33. The summed E-state index contributed by atoms with van der Waals surface area (Å²) in [5.74, 6) is 0.933. The molecule has 0 atom stereocenters. The normalized spacial score (nSPS) is 10.9. The van der Waals surface area contributed by atoms with Crippen LogP contribution in [0.5, 0.6) is 0 Å². The van der Waals surface area contributed by atoms with Crippen LogP contribution in [-0.2, 0) is 0 Å². The summed E-state index contributed by atoms with van der Waals surface area (Å²) >= 11 is 12.1. The van der Waals surface area contributed by atoms with Crippen molar-refractivity contribution >= 4 is 58.6 Å². The zero-order valence-corrected chi connectivity index (χ0v) is 18.8. The summed E-state index contributed by atoms with van der Waals surface area (Å²) in [6.45, 7) is 5.37. The minimum Gasteiger partial charge on any atom is -0.341 e. The Morgan fingerprint density at radius 1 is 1.06 bits per heavy atom. The largest absolute Gasteiger partial charge is 0.341 e. The molecule has 0 fully saturated rings. The van der Waals surface area contributed by atoms with Crippen LogP contribution in [0.2, 0.25) is 10.0 Å². The van der Waals surface area contributed by atoms with Crippen LogP contribution in [0, 0.1) is 10.1 Å². The molecule has 3 rings (SSSR count). The van der Waals surface area contributed by atoms with Crippen LogP contribution in [0.1, 0.15) is 19.4 Å². The Hall–Kier alpha value is -3.50. The van der Waals surface area contributed by atoms with Gasteiger partial charge >= 0.3 is 0 Å². The summed E-state index contributed by atoms with van der Waals surface area (Å²) in [6, 6.07) is 11.0. The van der Waals surface area contributed by atoms with Crippen LogP contribution in [0.15, 0.2) is 47.6 Å². The highest BCUT2D eigenvalue weighted by molar-refractivity contribution is 6.36. The fourth-order valence-corrected chi connectivity index (χ4v) is 3.14. The van der Waals surface area contributed by atoms with Crippen molar-refractivity contribution in [2.45, 2.75) is 13.8 Å². The molecule has 10 nitrogen and oxygen atoms in total. The van der Waals surface area contributed by atoms with Gasteiger partial charge in [-0.1, -0.05) is 29.3 Å². The second-order valence-electron chi connectivity index (χ2n) is 6.42. The summed E-state index contributed by atoms with van der Waals surface area (Å²) in [5.41, 5.74) is 4.05. The molecule has 0 saturated carbocycles. The molecule has 0 bridgehead atoms. The molecule has 0 unspecified atom stereocenters. The van der Waals surface area contributed by atoms with Crippen LogP contribution in [0.25, 0.3) is 0 Å². The lowest BCUT2D eigenvalue weighted by Gasteiger charge is -2.19. The van der Waals surface area contributed by atoms with Gasteiger partial charge in [-0.15, -0.1) is 0 Å². The maximum Gasteiger partial charge on any atom is 0.269 e. The fraction of sp³-hybridized carbons (Fsp3) is 0.200. The molecule has 0 aliphatic heterocycles. The summed E-state index contributed by atoms with van der Waals surface area (Å²) < 4.78 is 0. The minimum atomic E-state index is -0.460. The second kappa shape index (κ2) is 10.7. The number of hydrazone groups is 1. The van der Waals surface area contributed by atoms with E-state index in [1.165, 1.54) is 18.3 Å². The number of aromatic nitrogens is 3. The standard InChI is InChI=1S/C20H20Cl2N8O2/c1-3-29(4-2)20-26-18(24-15-7-9-16(10-8-15)30(31)32)25-19(27-20)28-23-12-13-5-6-14(21)11-17(13)22/h5-12H,3-4H2,1-2H3,(H2,24,25,26,27,28)/b23-12+. The van der Waals surface area contributed by atoms with Crippen molar-refractivity contribution in [3.63, 3.8) is 0 Å². The van der Waals surface area contributed by atoms with Crippen LogP contribution >= 0.6 is 23.2 Å². The van der Waals surface area contributed by atoms with E-state index in [9.17, 15) is 10.1 Å². The molecule has 32 heavy (non-hydrogen) atoms. The van der Waals surface area contributed by atoms with E-state index in [1.807, 2.05) is 18.7 Å². The lowest BCUT2D eigenvalue weighted by molar-refractivity contribution is -0.384. The first-order chi connectivity index (χ1) is 15.4. The summed E-state index contributed by atoms with van der Waals surface area (Å²) in [6.07, 6.45) is 1.53. The van der Waals surface area contributed by atoms with Crippen molar-refractivity contribution in [1.82, 2.24) is 15.0 Å². The van der Waals surface area contributed by atoms with E-state index in [2.05, 4.69) is 30.8 Å². The van der Waals surface area contributed by atoms with Gasteiger partial charge < -0.3 is 10.2 Å². The van der Waals surface area contributed by atoms with Gasteiger partial charge in [-0.3, -0.25) is 10.1 Å². The molecule has 3 aromatic rings. The van der Waals surface area contributed by atoms with E-state index >= 15 is 0 Å². The van der Waals surface area contributed by atoms with Gasteiger partial charge in [0, 0.05) is 41.5 Å². The monoisotopic (exact) mass is 474 g/mol. The average molecular weight is 475 g/mol. The molecule has 0 radical (unpaired) electrons. The first-order valence-electron chi connectivity index (χ1n) is 9.66. The number of benzene rings is 2.